The highest BCUT2D eigenvalue weighted by atomic mass is 19.1. The smallest absolute Gasteiger partial charge is 0.272 e. The van der Waals surface area contributed by atoms with Crippen LogP contribution >= 0.6 is 0 Å². The lowest BCUT2D eigenvalue weighted by molar-refractivity contribution is -0.116. The second-order valence-electron chi connectivity index (χ2n) is 7.60. The van der Waals surface area contributed by atoms with Gasteiger partial charge in [0.25, 0.3) is 5.95 Å². The molecule has 2 aromatic carbocycles. The first-order valence-corrected chi connectivity index (χ1v) is 10.1. The molecule has 1 amide bonds. The van der Waals surface area contributed by atoms with Crippen LogP contribution in [0.4, 0.5) is 14.6 Å². The molecule has 0 aliphatic carbocycles. The standard InChI is InChI=1S/C23H18F2N6O2/c1-12-21-17(16-9-14(24)6-7-18(16)25)10-20(32)28-22(21)31(30-12)23-27-19(11-26-29-23)13-4-3-5-15(8-13)33-2/h3-9,11,17H,10H2,1-2H3,(H,28,32)/t17-/m0/s1. The molecule has 4 aromatic rings. The second kappa shape index (κ2) is 8.05. The third-order valence-corrected chi connectivity index (χ3v) is 5.54. The van der Waals surface area contributed by atoms with Gasteiger partial charge in [0.2, 0.25) is 5.91 Å². The summed E-state index contributed by atoms with van der Waals surface area (Å²) in [5.41, 5.74) is 2.49. The molecular weight excluding hydrogens is 430 g/mol. The fraction of sp³-hybridized carbons (Fsp3) is 0.174. The van der Waals surface area contributed by atoms with E-state index in [0.717, 1.165) is 23.8 Å². The molecule has 0 spiro atoms. The Morgan fingerprint density at radius 2 is 2.03 bits per heavy atom. The Balaban J connectivity index is 1.62. The van der Waals surface area contributed by atoms with E-state index in [1.54, 1.807) is 14.0 Å². The maximum atomic E-state index is 14.6. The summed E-state index contributed by atoms with van der Waals surface area (Å²) >= 11 is 0. The summed E-state index contributed by atoms with van der Waals surface area (Å²) in [7, 11) is 1.57. The zero-order valence-corrected chi connectivity index (χ0v) is 17.7. The molecule has 33 heavy (non-hydrogen) atoms. The number of nitrogens with one attached hydrogen (secondary N) is 1. The number of anilines is 1. The first-order chi connectivity index (χ1) is 15.9. The molecule has 3 heterocycles. The lowest BCUT2D eigenvalue weighted by Gasteiger charge is -2.24. The number of hydrogen-bond donors (Lipinski definition) is 1. The number of benzene rings is 2. The number of amides is 1. The van der Waals surface area contributed by atoms with Gasteiger partial charge in [0, 0.05) is 23.5 Å². The molecule has 1 N–H and O–H groups in total. The topological polar surface area (TPSA) is 94.8 Å². The lowest BCUT2D eigenvalue weighted by Crippen LogP contribution is -2.25. The van der Waals surface area contributed by atoms with Crippen LogP contribution in [-0.2, 0) is 4.79 Å². The number of hydrogen-bond acceptors (Lipinski definition) is 6. The summed E-state index contributed by atoms with van der Waals surface area (Å²) in [5.74, 6) is -1.13. The molecule has 8 nitrogen and oxygen atoms in total. The van der Waals surface area contributed by atoms with Crippen molar-refractivity contribution in [3.05, 3.63) is 77.1 Å². The summed E-state index contributed by atoms with van der Waals surface area (Å²) in [4.78, 5) is 17.1. The number of nitrogens with zero attached hydrogens (tertiary/aromatic N) is 5. The Kier molecular flexibility index (Phi) is 5.04. The molecule has 166 valence electrons. The molecule has 5 rings (SSSR count). The van der Waals surface area contributed by atoms with Crippen molar-refractivity contribution in [3.63, 3.8) is 0 Å². The van der Waals surface area contributed by atoms with Crippen LogP contribution in [0, 0.1) is 18.6 Å². The van der Waals surface area contributed by atoms with Crippen molar-refractivity contribution in [2.75, 3.05) is 12.4 Å². The van der Waals surface area contributed by atoms with Crippen LogP contribution in [0.3, 0.4) is 0 Å². The van der Waals surface area contributed by atoms with Gasteiger partial charge in [-0.1, -0.05) is 12.1 Å². The first-order valence-electron chi connectivity index (χ1n) is 10.1. The Hall–Kier alpha value is -4.21. The third kappa shape index (κ3) is 3.69. The van der Waals surface area contributed by atoms with Crippen molar-refractivity contribution < 1.29 is 18.3 Å². The molecule has 0 radical (unpaired) electrons. The maximum absolute atomic E-state index is 14.6. The number of rotatable bonds is 4. The van der Waals surface area contributed by atoms with E-state index < -0.39 is 17.6 Å². The summed E-state index contributed by atoms with van der Waals surface area (Å²) < 4.78 is 35.1. The second-order valence-corrected chi connectivity index (χ2v) is 7.60. The number of ether oxygens (including phenoxy) is 1. The molecule has 0 saturated heterocycles. The van der Waals surface area contributed by atoms with Gasteiger partial charge in [-0.05, 0) is 42.8 Å². The van der Waals surface area contributed by atoms with Crippen molar-refractivity contribution in [3.8, 4) is 23.0 Å². The average Bonchev–Trinajstić information content (AvgIpc) is 3.16. The lowest BCUT2D eigenvalue weighted by atomic mass is 9.85. The minimum atomic E-state index is -0.701. The molecule has 0 bridgehead atoms. The SMILES string of the molecule is COc1cccc(-c2cnnc(-n3nc(C)c4c3NC(=O)C[C@H]4c3cc(F)ccc3F)n2)c1. The largest absolute Gasteiger partial charge is 0.497 e. The van der Waals surface area contributed by atoms with Crippen LogP contribution in [0.25, 0.3) is 17.2 Å². The molecule has 1 aliphatic rings. The van der Waals surface area contributed by atoms with Gasteiger partial charge < -0.3 is 10.1 Å². The Morgan fingerprint density at radius 3 is 2.85 bits per heavy atom. The molecule has 0 saturated carbocycles. The van der Waals surface area contributed by atoms with Crippen molar-refractivity contribution in [2.24, 2.45) is 0 Å². The van der Waals surface area contributed by atoms with Crippen LogP contribution in [-0.4, -0.2) is 38.0 Å². The van der Waals surface area contributed by atoms with E-state index in [0.29, 0.717) is 28.5 Å². The van der Waals surface area contributed by atoms with E-state index in [1.807, 2.05) is 24.3 Å². The van der Waals surface area contributed by atoms with Gasteiger partial charge in [0.1, 0.15) is 23.2 Å². The quantitative estimate of drug-likeness (QED) is 0.510. The van der Waals surface area contributed by atoms with Gasteiger partial charge in [-0.2, -0.15) is 14.9 Å². The summed E-state index contributed by atoms with van der Waals surface area (Å²) in [6.45, 7) is 1.73. The van der Waals surface area contributed by atoms with Crippen molar-refractivity contribution in [1.29, 1.82) is 0 Å². The number of aromatic nitrogens is 5. The fourth-order valence-corrected chi connectivity index (χ4v) is 4.04. The molecule has 1 atom stereocenters. The van der Waals surface area contributed by atoms with Crippen LogP contribution in [0.2, 0.25) is 0 Å². The van der Waals surface area contributed by atoms with E-state index in [9.17, 15) is 13.6 Å². The number of carbonyl (C=O) groups is 1. The van der Waals surface area contributed by atoms with Gasteiger partial charge in [-0.25, -0.2) is 13.8 Å². The monoisotopic (exact) mass is 448 g/mol. The Morgan fingerprint density at radius 1 is 1.18 bits per heavy atom. The van der Waals surface area contributed by atoms with Gasteiger partial charge in [0.15, 0.2) is 0 Å². The number of halogens is 2. The van der Waals surface area contributed by atoms with E-state index in [4.69, 9.17) is 4.74 Å². The maximum Gasteiger partial charge on any atom is 0.272 e. The minimum absolute atomic E-state index is 0.0388. The van der Waals surface area contributed by atoms with Crippen molar-refractivity contribution in [2.45, 2.75) is 19.3 Å². The highest BCUT2D eigenvalue weighted by Crippen LogP contribution is 2.41. The van der Waals surface area contributed by atoms with Crippen LogP contribution in [0.5, 0.6) is 5.75 Å². The Bertz CT molecular complexity index is 1390. The van der Waals surface area contributed by atoms with Gasteiger partial charge in [0.05, 0.1) is 24.7 Å². The van der Waals surface area contributed by atoms with Crippen LogP contribution in [0.1, 0.15) is 29.2 Å². The highest BCUT2D eigenvalue weighted by Gasteiger charge is 2.34. The van der Waals surface area contributed by atoms with Crippen molar-refractivity contribution in [1.82, 2.24) is 25.0 Å². The van der Waals surface area contributed by atoms with E-state index in [2.05, 4.69) is 25.6 Å². The predicted octanol–water partition coefficient (Wildman–Crippen LogP) is 3.79. The molecule has 2 aromatic heterocycles. The van der Waals surface area contributed by atoms with E-state index in [1.165, 1.54) is 10.9 Å². The predicted molar refractivity (Wildman–Crippen MR) is 115 cm³/mol. The molecule has 0 fully saturated rings. The highest BCUT2D eigenvalue weighted by molar-refractivity contribution is 5.95. The zero-order chi connectivity index (χ0) is 23.1. The summed E-state index contributed by atoms with van der Waals surface area (Å²) in [5, 5.41) is 15.4. The molecule has 1 aliphatic heterocycles. The van der Waals surface area contributed by atoms with Gasteiger partial charge >= 0.3 is 0 Å². The van der Waals surface area contributed by atoms with Crippen molar-refractivity contribution >= 4 is 11.7 Å². The third-order valence-electron chi connectivity index (χ3n) is 5.54. The zero-order valence-electron chi connectivity index (χ0n) is 17.7. The number of methoxy groups -OCH3 is 1. The molecular formula is C23H18F2N6O2. The number of aryl methyl sites for hydroxylation is 1. The Labute approximate surface area is 187 Å². The fourth-order valence-electron chi connectivity index (χ4n) is 4.04. The number of carbonyl (C=O) groups excluding carboxylic acids is 1. The molecule has 10 heteroatoms. The summed E-state index contributed by atoms with van der Waals surface area (Å²) in [6.07, 6.45) is 1.47. The first kappa shape index (κ1) is 20.7. The number of fused-ring (bicyclic) bond motifs is 1. The normalized spacial score (nSPS) is 15.2. The summed E-state index contributed by atoms with van der Waals surface area (Å²) in [6, 6.07) is 10.5. The van der Waals surface area contributed by atoms with Gasteiger partial charge in [-0.15, -0.1) is 5.10 Å². The van der Waals surface area contributed by atoms with E-state index >= 15 is 0 Å². The van der Waals surface area contributed by atoms with Crippen LogP contribution in [0.15, 0.2) is 48.7 Å². The average molecular weight is 448 g/mol. The van der Waals surface area contributed by atoms with E-state index in [-0.39, 0.29) is 23.8 Å². The van der Waals surface area contributed by atoms with Crippen LogP contribution < -0.4 is 10.1 Å². The van der Waals surface area contributed by atoms with Gasteiger partial charge in [-0.3, -0.25) is 4.79 Å². The molecule has 0 unspecified atom stereocenters. The minimum Gasteiger partial charge on any atom is -0.497 e.